The third kappa shape index (κ3) is 5.40. The molecule has 3 rings (SSSR count). The van der Waals surface area contributed by atoms with Crippen molar-refractivity contribution in [3.63, 3.8) is 0 Å². The number of ether oxygens (including phenoxy) is 1. The summed E-state index contributed by atoms with van der Waals surface area (Å²) < 4.78 is 59.6. The fourth-order valence-corrected chi connectivity index (χ4v) is 3.42. The summed E-state index contributed by atoms with van der Waals surface area (Å²) in [6.07, 6.45) is -3.57. The largest absolute Gasteiger partial charge is 0.465 e. The number of amides is 1. The molecule has 12 heteroatoms. The second-order valence-electron chi connectivity index (χ2n) is 7.05. The van der Waals surface area contributed by atoms with Gasteiger partial charge < -0.3 is 15.4 Å². The summed E-state index contributed by atoms with van der Waals surface area (Å²) in [5.74, 6) is -2.93. The highest BCUT2D eigenvalue weighted by molar-refractivity contribution is 6.34. The van der Waals surface area contributed by atoms with E-state index in [1.165, 1.54) is 25.4 Å². The molecule has 0 unspecified atom stereocenters. The number of benzene rings is 2. The monoisotopic (exact) mass is 508 g/mol. The molecule has 0 radical (unpaired) electrons. The summed E-state index contributed by atoms with van der Waals surface area (Å²) in [6.45, 7) is 0. The van der Waals surface area contributed by atoms with Crippen LogP contribution in [0.25, 0.3) is 0 Å². The van der Waals surface area contributed by atoms with Crippen molar-refractivity contribution in [2.75, 3.05) is 24.8 Å². The van der Waals surface area contributed by atoms with E-state index in [1.807, 2.05) is 0 Å². The number of carbonyl (C=O) groups excluding carboxylic acids is 2. The van der Waals surface area contributed by atoms with Crippen LogP contribution < -0.4 is 10.6 Å². The van der Waals surface area contributed by atoms with Crippen molar-refractivity contribution in [3.05, 3.63) is 87.4 Å². The maximum Gasteiger partial charge on any atom is 0.417 e. The Morgan fingerprint density at radius 1 is 1.14 bits per heavy atom. The number of pyridine rings is 1. The maximum atomic E-state index is 14.7. The predicted octanol–water partition coefficient (Wildman–Crippen LogP) is 5.39. The molecule has 3 aromatic rings. The number of anilines is 2. The first kappa shape index (κ1) is 25.6. The fourth-order valence-electron chi connectivity index (χ4n) is 3.16. The van der Waals surface area contributed by atoms with E-state index in [9.17, 15) is 27.2 Å². The highest BCUT2D eigenvalue weighted by Gasteiger charge is 2.36. The van der Waals surface area contributed by atoms with Gasteiger partial charge in [-0.15, -0.1) is 0 Å². The molecule has 2 aromatic carbocycles. The molecule has 0 spiro atoms. The van der Waals surface area contributed by atoms with Crippen LogP contribution >= 0.6 is 11.6 Å². The van der Waals surface area contributed by atoms with Gasteiger partial charge in [-0.25, -0.2) is 9.18 Å². The topological polar surface area (TPSA) is 104 Å². The Labute approximate surface area is 201 Å². The zero-order valence-corrected chi connectivity index (χ0v) is 18.9. The molecule has 3 N–H and O–H groups in total. The van der Waals surface area contributed by atoms with Gasteiger partial charge in [-0.05, 0) is 36.4 Å². The van der Waals surface area contributed by atoms with E-state index in [2.05, 4.69) is 20.4 Å². The number of aromatic nitrogens is 1. The van der Waals surface area contributed by atoms with Crippen molar-refractivity contribution >= 4 is 40.6 Å². The van der Waals surface area contributed by atoms with Crippen LogP contribution in [0.4, 0.5) is 28.9 Å². The molecule has 0 atom stereocenters. The lowest BCUT2D eigenvalue weighted by atomic mass is 10.0. The fraction of sp³-hybridized carbons (Fsp3) is 0.130. The highest BCUT2D eigenvalue weighted by Crippen LogP contribution is 2.35. The van der Waals surface area contributed by atoms with Gasteiger partial charge in [-0.3, -0.25) is 15.2 Å². The Morgan fingerprint density at radius 3 is 2.46 bits per heavy atom. The number of halogens is 5. The molecule has 182 valence electrons. The molecule has 35 heavy (non-hydrogen) atoms. The predicted molar refractivity (Wildman–Crippen MR) is 122 cm³/mol. The number of nitrogens with zero attached hydrogens (tertiary/aromatic N) is 1. The molecule has 0 aliphatic carbocycles. The van der Waals surface area contributed by atoms with Crippen molar-refractivity contribution in [2.45, 2.75) is 6.18 Å². The number of alkyl halides is 3. The standard InChI is InChI=1S/C23H17ClF4N4O3/c1-30-12-9-17(32-21(33)18-14(23(26,27)28)4-3-5-15(18)24)20(31-10-12)19(29)13-7-6-11(8-16(13)25)22(34)35-2/h3-10,29-30H,1-2H3,(H,32,33). The minimum absolute atomic E-state index is 0.0908. The van der Waals surface area contributed by atoms with Crippen LogP contribution in [0, 0.1) is 11.2 Å². The Kier molecular flexibility index (Phi) is 7.39. The summed E-state index contributed by atoms with van der Waals surface area (Å²) in [4.78, 5) is 28.6. The van der Waals surface area contributed by atoms with E-state index in [-0.39, 0.29) is 22.5 Å². The van der Waals surface area contributed by atoms with Crippen LogP contribution in [0.1, 0.15) is 37.5 Å². The molecule has 1 amide bonds. The van der Waals surface area contributed by atoms with Crippen molar-refractivity contribution in [2.24, 2.45) is 0 Å². The van der Waals surface area contributed by atoms with Gasteiger partial charge in [0.2, 0.25) is 0 Å². The molecule has 1 aromatic heterocycles. The normalized spacial score (nSPS) is 11.1. The van der Waals surface area contributed by atoms with E-state index in [0.29, 0.717) is 11.8 Å². The number of esters is 1. The van der Waals surface area contributed by atoms with Gasteiger partial charge in [-0.2, -0.15) is 13.2 Å². The Morgan fingerprint density at radius 2 is 1.86 bits per heavy atom. The molecule has 0 aliphatic heterocycles. The van der Waals surface area contributed by atoms with Gasteiger partial charge in [0.15, 0.2) is 0 Å². The van der Waals surface area contributed by atoms with Crippen LogP contribution in [0.15, 0.2) is 48.7 Å². The van der Waals surface area contributed by atoms with Crippen LogP contribution in [-0.2, 0) is 10.9 Å². The van der Waals surface area contributed by atoms with Gasteiger partial charge in [0.1, 0.15) is 11.5 Å². The molecule has 1 heterocycles. The Bertz CT molecular complexity index is 1330. The third-order valence-corrected chi connectivity index (χ3v) is 5.18. The highest BCUT2D eigenvalue weighted by atomic mass is 35.5. The molecular weight excluding hydrogens is 492 g/mol. The van der Waals surface area contributed by atoms with Gasteiger partial charge in [0.25, 0.3) is 5.91 Å². The number of hydrogen-bond donors (Lipinski definition) is 3. The molecule has 0 bridgehead atoms. The number of nitrogens with one attached hydrogen (secondary N) is 3. The summed E-state index contributed by atoms with van der Waals surface area (Å²) in [7, 11) is 2.66. The van der Waals surface area contributed by atoms with Gasteiger partial charge in [-0.1, -0.05) is 17.7 Å². The summed E-state index contributed by atoms with van der Waals surface area (Å²) in [5.41, 5.74) is -2.97. The SMILES string of the molecule is CNc1cnc(C(=N)c2ccc(C(=O)OC)cc2F)c(NC(=O)c2c(Cl)cccc2C(F)(F)F)c1. The van der Waals surface area contributed by atoms with Gasteiger partial charge in [0.05, 0.1) is 52.1 Å². The third-order valence-electron chi connectivity index (χ3n) is 4.87. The number of methoxy groups -OCH3 is 1. The van der Waals surface area contributed by atoms with E-state index in [0.717, 1.165) is 31.4 Å². The van der Waals surface area contributed by atoms with Crippen LogP contribution in [0.2, 0.25) is 5.02 Å². The van der Waals surface area contributed by atoms with Gasteiger partial charge in [0, 0.05) is 12.6 Å². The first-order valence-corrected chi connectivity index (χ1v) is 10.2. The lowest BCUT2D eigenvalue weighted by molar-refractivity contribution is -0.137. The number of carbonyl (C=O) groups is 2. The smallest absolute Gasteiger partial charge is 0.417 e. The van der Waals surface area contributed by atoms with Crippen molar-refractivity contribution in [1.29, 1.82) is 5.41 Å². The van der Waals surface area contributed by atoms with E-state index < -0.39 is 45.7 Å². The average Bonchev–Trinajstić information content (AvgIpc) is 2.82. The zero-order chi connectivity index (χ0) is 25.9. The Balaban J connectivity index is 2.06. The van der Waals surface area contributed by atoms with Crippen LogP contribution in [-0.4, -0.2) is 36.7 Å². The summed E-state index contributed by atoms with van der Waals surface area (Å²) in [6, 6.07) is 7.48. The molecular formula is C23H17ClF4N4O3. The zero-order valence-electron chi connectivity index (χ0n) is 18.2. The Hall–Kier alpha value is -3.99. The minimum Gasteiger partial charge on any atom is -0.465 e. The van der Waals surface area contributed by atoms with E-state index in [1.54, 1.807) is 0 Å². The summed E-state index contributed by atoms with van der Waals surface area (Å²) >= 11 is 5.91. The van der Waals surface area contributed by atoms with Crippen molar-refractivity contribution in [3.8, 4) is 0 Å². The molecule has 0 saturated carbocycles. The lowest BCUT2D eigenvalue weighted by Crippen LogP contribution is -2.21. The quantitative estimate of drug-likeness (QED) is 0.235. The maximum absolute atomic E-state index is 14.7. The van der Waals surface area contributed by atoms with Crippen molar-refractivity contribution < 1.29 is 31.9 Å². The number of hydrogen-bond acceptors (Lipinski definition) is 6. The van der Waals surface area contributed by atoms with Crippen LogP contribution in [0.5, 0.6) is 0 Å². The average molecular weight is 509 g/mol. The molecule has 7 nitrogen and oxygen atoms in total. The minimum atomic E-state index is -4.86. The van der Waals surface area contributed by atoms with E-state index in [4.69, 9.17) is 17.0 Å². The summed E-state index contributed by atoms with van der Waals surface area (Å²) in [5, 5.41) is 13.1. The molecule has 0 aliphatic rings. The van der Waals surface area contributed by atoms with Gasteiger partial charge >= 0.3 is 12.1 Å². The first-order valence-electron chi connectivity index (χ1n) is 9.80. The van der Waals surface area contributed by atoms with Crippen molar-refractivity contribution in [1.82, 2.24) is 4.98 Å². The second kappa shape index (κ2) is 10.1. The lowest BCUT2D eigenvalue weighted by Gasteiger charge is -2.17. The second-order valence-corrected chi connectivity index (χ2v) is 7.45. The van der Waals surface area contributed by atoms with E-state index >= 15 is 0 Å². The number of rotatable bonds is 6. The molecule has 0 fully saturated rings. The molecule has 0 saturated heterocycles. The van der Waals surface area contributed by atoms with Crippen LogP contribution in [0.3, 0.4) is 0 Å². The first-order chi connectivity index (χ1) is 16.5.